The van der Waals surface area contributed by atoms with Gasteiger partial charge in [0.05, 0.1) is 10.5 Å². The summed E-state index contributed by atoms with van der Waals surface area (Å²) in [7, 11) is -4.20. The average Bonchev–Trinajstić information content (AvgIpc) is 3.62. The zero-order valence-corrected chi connectivity index (χ0v) is 26.2. The summed E-state index contributed by atoms with van der Waals surface area (Å²) in [5.41, 5.74) is 5.49. The van der Waals surface area contributed by atoms with Gasteiger partial charge in [-0.25, -0.2) is 17.5 Å². The lowest BCUT2D eigenvalue weighted by molar-refractivity contribution is -0.115. The van der Waals surface area contributed by atoms with Crippen LogP contribution in [0.25, 0.3) is 16.5 Å². The zero-order valence-electron chi connectivity index (χ0n) is 21.5. The second kappa shape index (κ2) is 11.2. The van der Waals surface area contributed by atoms with Gasteiger partial charge in [-0.1, -0.05) is 52.5 Å². The highest BCUT2D eigenvalue weighted by atomic mass is 35.5. The number of aromatic nitrogens is 1. The van der Waals surface area contributed by atoms with Gasteiger partial charge >= 0.3 is 0 Å². The minimum atomic E-state index is -4.20. The summed E-state index contributed by atoms with van der Waals surface area (Å²) < 4.78 is 45.5. The van der Waals surface area contributed by atoms with Gasteiger partial charge in [0.15, 0.2) is 0 Å². The van der Waals surface area contributed by atoms with Crippen molar-refractivity contribution in [3.05, 3.63) is 89.6 Å². The smallest absolute Gasteiger partial charge is 0.273 e. The maximum absolute atomic E-state index is 15.2. The summed E-state index contributed by atoms with van der Waals surface area (Å²) in [5, 5.41) is 1.98. The number of hydrogen-bond acceptors (Lipinski definition) is 4. The molecule has 4 aromatic rings. The van der Waals surface area contributed by atoms with Crippen LogP contribution in [0.3, 0.4) is 0 Å². The second-order valence-electron chi connectivity index (χ2n) is 10.2. The number of halogens is 5. The van der Waals surface area contributed by atoms with Crippen molar-refractivity contribution >= 4 is 90.1 Å². The molecule has 0 saturated carbocycles. The van der Waals surface area contributed by atoms with E-state index in [1.165, 1.54) is 12.1 Å². The summed E-state index contributed by atoms with van der Waals surface area (Å²) in [4.78, 5) is 13.4. The fourth-order valence-corrected chi connectivity index (χ4v) is 9.27. The Bertz CT molecular complexity index is 1860. The third-order valence-corrected chi connectivity index (χ3v) is 12.0. The van der Waals surface area contributed by atoms with Crippen molar-refractivity contribution in [3.8, 4) is 0 Å². The highest BCUT2D eigenvalue weighted by Crippen LogP contribution is 2.43. The molecule has 1 N–H and O–H groups in total. The van der Waals surface area contributed by atoms with Crippen LogP contribution in [0.15, 0.2) is 46.2 Å². The number of hydrogen-bond donors (Lipinski definition) is 1. The molecule has 0 spiro atoms. The van der Waals surface area contributed by atoms with Crippen LogP contribution in [0.2, 0.25) is 19.4 Å². The van der Waals surface area contributed by atoms with Crippen molar-refractivity contribution < 1.29 is 17.6 Å². The SMILES string of the molecule is O=C(NS(=O)(=O)c1cc(Cl)c(Cl)s1)C1=C(c2cc(F)cc3c4c(n(Cc5ccc(Cl)cc5Cl)c23)CCCC4)CCC1. The summed E-state index contributed by atoms with van der Waals surface area (Å²) in [5.74, 6) is -1.14. The number of benzene rings is 2. The van der Waals surface area contributed by atoms with E-state index in [9.17, 15) is 13.2 Å². The van der Waals surface area contributed by atoms with Crippen LogP contribution in [-0.2, 0) is 34.2 Å². The molecule has 0 fully saturated rings. The first-order valence-corrected chi connectivity index (χ1v) is 16.9. The topological polar surface area (TPSA) is 68.2 Å². The van der Waals surface area contributed by atoms with E-state index in [0.717, 1.165) is 64.7 Å². The quantitative estimate of drug-likeness (QED) is 0.223. The highest BCUT2D eigenvalue weighted by Gasteiger charge is 2.31. The lowest BCUT2D eigenvalue weighted by atomic mass is 9.93. The molecule has 214 valence electrons. The molecule has 41 heavy (non-hydrogen) atoms. The van der Waals surface area contributed by atoms with Crippen LogP contribution in [0.1, 0.15) is 54.5 Å². The van der Waals surface area contributed by atoms with Crippen LogP contribution in [-0.4, -0.2) is 18.9 Å². The number of nitrogens with zero attached hydrogens (tertiary/aromatic N) is 1. The monoisotopic (exact) mass is 670 g/mol. The Kier molecular flexibility index (Phi) is 7.94. The molecular formula is C29H23Cl4FN2O3S2. The normalized spacial score (nSPS) is 15.5. The molecule has 2 heterocycles. The number of carbonyl (C=O) groups excluding carboxylic acids is 1. The van der Waals surface area contributed by atoms with E-state index in [2.05, 4.69) is 9.29 Å². The van der Waals surface area contributed by atoms with Gasteiger partial charge in [0.1, 0.15) is 14.4 Å². The fraction of sp³-hybridized carbons (Fsp3) is 0.276. The van der Waals surface area contributed by atoms with E-state index in [-0.39, 0.29) is 13.6 Å². The molecule has 2 aliphatic rings. The van der Waals surface area contributed by atoms with E-state index >= 15 is 4.39 Å². The van der Waals surface area contributed by atoms with Gasteiger partial charge < -0.3 is 4.57 Å². The number of amides is 1. The molecular weight excluding hydrogens is 649 g/mol. The minimum Gasteiger partial charge on any atom is -0.339 e. The Morgan fingerprint density at radius 2 is 1.73 bits per heavy atom. The Balaban J connectivity index is 1.49. The molecule has 0 saturated heterocycles. The molecule has 0 bridgehead atoms. The fourth-order valence-electron chi connectivity index (χ4n) is 5.94. The van der Waals surface area contributed by atoms with Crippen LogP contribution in [0, 0.1) is 5.82 Å². The summed E-state index contributed by atoms with van der Waals surface area (Å²) in [6.07, 6.45) is 5.19. The first-order valence-electron chi connectivity index (χ1n) is 13.1. The zero-order chi connectivity index (χ0) is 29.1. The van der Waals surface area contributed by atoms with E-state index < -0.39 is 21.7 Å². The number of fused-ring (bicyclic) bond motifs is 3. The number of thiophene rings is 1. The Morgan fingerprint density at radius 3 is 2.46 bits per heavy atom. The van der Waals surface area contributed by atoms with Crippen molar-refractivity contribution in [1.29, 1.82) is 0 Å². The van der Waals surface area contributed by atoms with Gasteiger partial charge in [-0.2, -0.15) is 0 Å². The first-order chi connectivity index (χ1) is 19.5. The molecule has 0 atom stereocenters. The van der Waals surface area contributed by atoms with E-state index in [1.54, 1.807) is 18.2 Å². The predicted molar refractivity (Wildman–Crippen MR) is 165 cm³/mol. The summed E-state index contributed by atoms with van der Waals surface area (Å²) in [6, 6.07) is 9.60. The molecule has 0 aliphatic heterocycles. The third-order valence-electron chi connectivity index (χ3n) is 7.71. The lowest BCUT2D eigenvalue weighted by Gasteiger charge is -2.18. The summed E-state index contributed by atoms with van der Waals surface area (Å²) >= 11 is 25.4. The Hall–Kier alpha value is -2.07. The molecule has 0 radical (unpaired) electrons. The molecule has 2 aromatic carbocycles. The summed E-state index contributed by atoms with van der Waals surface area (Å²) in [6.45, 7) is 0.448. The number of aryl methyl sites for hydroxylation is 1. The van der Waals surface area contributed by atoms with Crippen LogP contribution < -0.4 is 4.72 Å². The minimum absolute atomic E-state index is 0.0953. The van der Waals surface area contributed by atoms with Crippen molar-refractivity contribution in [2.45, 2.75) is 55.7 Å². The van der Waals surface area contributed by atoms with Crippen molar-refractivity contribution in [3.63, 3.8) is 0 Å². The number of sulfonamides is 1. The average molecular weight is 672 g/mol. The van der Waals surface area contributed by atoms with E-state index in [4.69, 9.17) is 46.4 Å². The first kappa shape index (κ1) is 29.0. The number of allylic oxidation sites excluding steroid dienone is 1. The molecule has 2 aliphatic carbocycles. The molecule has 6 rings (SSSR count). The van der Waals surface area contributed by atoms with Gasteiger partial charge in [-0.15, -0.1) is 11.3 Å². The molecule has 2 aromatic heterocycles. The van der Waals surface area contributed by atoms with Crippen LogP contribution in [0.5, 0.6) is 0 Å². The van der Waals surface area contributed by atoms with E-state index in [0.29, 0.717) is 52.6 Å². The maximum Gasteiger partial charge on any atom is 0.273 e. The number of carbonyl (C=O) groups is 1. The maximum atomic E-state index is 15.2. The molecule has 0 unspecified atom stereocenters. The molecule has 12 heteroatoms. The highest BCUT2D eigenvalue weighted by molar-refractivity contribution is 7.92. The van der Waals surface area contributed by atoms with Gasteiger partial charge in [0, 0.05) is 38.8 Å². The van der Waals surface area contributed by atoms with Gasteiger partial charge in [0.25, 0.3) is 15.9 Å². The van der Waals surface area contributed by atoms with Crippen LogP contribution >= 0.6 is 57.7 Å². The second-order valence-corrected chi connectivity index (χ2v) is 15.1. The third kappa shape index (κ3) is 5.43. The van der Waals surface area contributed by atoms with Crippen molar-refractivity contribution in [2.24, 2.45) is 0 Å². The van der Waals surface area contributed by atoms with Crippen molar-refractivity contribution in [2.75, 3.05) is 0 Å². The molecule has 5 nitrogen and oxygen atoms in total. The number of rotatable bonds is 6. The van der Waals surface area contributed by atoms with Gasteiger partial charge in [-0.05, 0) is 92.0 Å². The molecule has 1 amide bonds. The largest absolute Gasteiger partial charge is 0.339 e. The predicted octanol–water partition coefficient (Wildman–Crippen LogP) is 8.83. The Labute approximate surface area is 260 Å². The van der Waals surface area contributed by atoms with Crippen LogP contribution in [0.4, 0.5) is 4.39 Å². The van der Waals surface area contributed by atoms with Gasteiger partial charge in [0.2, 0.25) is 0 Å². The number of nitrogens with one attached hydrogen (secondary N) is 1. The lowest BCUT2D eigenvalue weighted by Crippen LogP contribution is -2.31. The Morgan fingerprint density at radius 1 is 0.951 bits per heavy atom. The standard InChI is InChI=1S/C29H23Cl4FN2O3S2/c30-16-9-8-15(23(31)10-16)14-36-25-7-2-1-4-19(25)22-12-17(34)11-21(27(22)36)18-5-3-6-20(18)29(37)35-41(38,39)26-13-24(32)28(33)40-26/h8-13H,1-7,14H2,(H,35,37). The van der Waals surface area contributed by atoms with E-state index in [1.807, 2.05) is 6.07 Å². The van der Waals surface area contributed by atoms with Gasteiger partial charge in [-0.3, -0.25) is 4.79 Å². The van der Waals surface area contributed by atoms with Crippen molar-refractivity contribution in [1.82, 2.24) is 9.29 Å².